The summed E-state index contributed by atoms with van der Waals surface area (Å²) >= 11 is 0. The first-order chi connectivity index (χ1) is 15.4. The molecule has 164 valence electrons. The molecule has 2 amide bonds. The highest BCUT2D eigenvalue weighted by Crippen LogP contribution is 2.31. The molecule has 1 aliphatic rings. The molecule has 2 N–H and O–H groups in total. The zero-order valence-electron chi connectivity index (χ0n) is 18.4. The number of nitrogens with zero attached hydrogens (tertiary/aromatic N) is 2. The zero-order valence-corrected chi connectivity index (χ0v) is 18.4. The fraction of sp³-hybridized carbons (Fsp3) is 0.240. The van der Waals surface area contributed by atoms with E-state index < -0.39 is 0 Å². The van der Waals surface area contributed by atoms with Gasteiger partial charge in [-0.1, -0.05) is 29.8 Å². The second kappa shape index (κ2) is 9.09. The number of benzene rings is 2. The topological polar surface area (TPSA) is 83.6 Å². The van der Waals surface area contributed by atoms with Crippen LogP contribution in [0.1, 0.15) is 40.9 Å². The van der Waals surface area contributed by atoms with Gasteiger partial charge >= 0.3 is 0 Å². The molecule has 2 aromatic carbocycles. The third kappa shape index (κ3) is 4.72. The minimum absolute atomic E-state index is 0.0443. The van der Waals surface area contributed by atoms with Gasteiger partial charge in [-0.15, -0.1) is 0 Å². The number of hydrogen-bond donors (Lipinski definition) is 2. The van der Waals surface area contributed by atoms with Crippen molar-refractivity contribution in [2.24, 2.45) is 0 Å². The molecule has 0 saturated heterocycles. The van der Waals surface area contributed by atoms with Crippen LogP contribution in [-0.2, 0) is 17.9 Å². The first-order valence-electron chi connectivity index (χ1n) is 10.6. The number of amides is 2. The highest BCUT2D eigenvalue weighted by Gasteiger charge is 2.30. The second-order valence-corrected chi connectivity index (χ2v) is 7.80. The van der Waals surface area contributed by atoms with Crippen LogP contribution in [-0.4, -0.2) is 28.2 Å². The molecule has 32 heavy (non-hydrogen) atoms. The maximum atomic E-state index is 12.6. The van der Waals surface area contributed by atoms with Gasteiger partial charge < -0.3 is 20.3 Å². The van der Waals surface area contributed by atoms with Gasteiger partial charge in [-0.3, -0.25) is 9.59 Å². The van der Waals surface area contributed by atoms with Crippen LogP contribution in [0.2, 0.25) is 0 Å². The third-order valence-electron chi connectivity index (χ3n) is 5.32. The van der Waals surface area contributed by atoms with E-state index in [4.69, 9.17) is 4.74 Å². The Morgan fingerprint density at radius 3 is 2.38 bits per heavy atom. The number of carbonyl (C=O) groups is 2. The molecule has 1 aromatic heterocycles. The number of anilines is 2. The van der Waals surface area contributed by atoms with Crippen molar-refractivity contribution >= 4 is 23.5 Å². The van der Waals surface area contributed by atoms with Gasteiger partial charge in [0.1, 0.15) is 23.1 Å². The number of ether oxygens (including phenoxy) is 1. The Balaban J connectivity index is 1.49. The molecular formula is C25H26N4O3. The van der Waals surface area contributed by atoms with Gasteiger partial charge in [0.15, 0.2) is 0 Å². The van der Waals surface area contributed by atoms with Crippen LogP contribution in [0.4, 0.5) is 11.6 Å². The molecule has 0 spiro atoms. The summed E-state index contributed by atoms with van der Waals surface area (Å²) in [5, 5.41) is 6.02. The summed E-state index contributed by atoms with van der Waals surface area (Å²) in [6, 6.07) is 17.4. The van der Waals surface area contributed by atoms with E-state index in [1.54, 1.807) is 11.0 Å². The van der Waals surface area contributed by atoms with E-state index in [-0.39, 0.29) is 11.8 Å². The number of aromatic nitrogens is 1. The van der Waals surface area contributed by atoms with E-state index in [2.05, 4.69) is 15.6 Å². The fourth-order valence-electron chi connectivity index (χ4n) is 3.61. The summed E-state index contributed by atoms with van der Waals surface area (Å²) < 4.78 is 5.88. The molecule has 0 bridgehead atoms. The highest BCUT2D eigenvalue weighted by molar-refractivity contribution is 6.01. The third-order valence-corrected chi connectivity index (χ3v) is 5.32. The molecule has 0 unspecified atom stereocenters. The lowest BCUT2D eigenvalue weighted by molar-refractivity contribution is -0.114. The Kier molecular flexibility index (Phi) is 6.07. The van der Waals surface area contributed by atoms with E-state index in [1.165, 1.54) is 12.5 Å². The molecular weight excluding hydrogens is 404 g/mol. The van der Waals surface area contributed by atoms with Crippen molar-refractivity contribution in [1.29, 1.82) is 0 Å². The molecule has 4 rings (SSSR count). The van der Waals surface area contributed by atoms with Crippen LogP contribution in [0.15, 0.2) is 54.6 Å². The number of hydrogen-bond acceptors (Lipinski definition) is 5. The minimum atomic E-state index is -0.231. The van der Waals surface area contributed by atoms with E-state index >= 15 is 0 Å². The standard InChI is InChI=1S/C25H26N4O3/c1-4-29-15-22-21(25(29)31)13-23(27-17(3)30)28-24(22)26-14-18-7-11-20(12-8-18)32-19-9-5-16(2)6-10-19/h5-13H,4,14-15H2,1-3H3,(H2,26,27,28,30). The van der Waals surface area contributed by atoms with Gasteiger partial charge in [-0.2, -0.15) is 0 Å². The first-order valence-corrected chi connectivity index (χ1v) is 10.6. The molecule has 7 nitrogen and oxygen atoms in total. The number of carbonyl (C=O) groups excluding carboxylic acids is 2. The molecule has 3 aromatic rings. The lowest BCUT2D eigenvalue weighted by Gasteiger charge is -2.13. The largest absolute Gasteiger partial charge is 0.457 e. The van der Waals surface area contributed by atoms with Gasteiger partial charge in [0, 0.05) is 25.6 Å². The van der Waals surface area contributed by atoms with Crippen molar-refractivity contribution < 1.29 is 14.3 Å². The molecule has 0 radical (unpaired) electrons. The Labute approximate surface area is 187 Å². The zero-order chi connectivity index (χ0) is 22.7. The van der Waals surface area contributed by atoms with Crippen LogP contribution >= 0.6 is 0 Å². The average molecular weight is 431 g/mol. The van der Waals surface area contributed by atoms with Gasteiger partial charge in [-0.05, 0) is 49.7 Å². The van der Waals surface area contributed by atoms with Gasteiger partial charge in [-0.25, -0.2) is 4.98 Å². The normalized spacial score (nSPS) is 12.5. The summed E-state index contributed by atoms with van der Waals surface area (Å²) in [5.41, 5.74) is 3.66. The molecule has 0 aliphatic carbocycles. The van der Waals surface area contributed by atoms with E-state index in [0.29, 0.717) is 36.8 Å². The smallest absolute Gasteiger partial charge is 0.254 e. The van der Waals surface area contributed by atoms with Crippen LogP contribution in [0.25, 0.3) is 0 Å². The monoisotopic (exact) mass is 430 g/mol. The van der Waals surface area contributed by atoms with Crippen molar-refractivity contribution in [2.75, 3.05) is 17.2 Å². The van der Waals surface area contributed by atoms with E-state index in [9.17, 15) is 9.59 Å². The van der Waals surface area contributed by atoms with Gasteiger partial charge in [0.05, 0.1) is 12.1 Å². The number of aryl methyl sites for hydroxylation is 1. The van der Waals surface area contributed by atoms with Gasteiger partial charge in [0.2, 0.25) is 5.91 Å². The molecule has 2 heterocycles. The van der Waals surface area contributed by atoms with Crippen LogP contribution in [0.3, 0.4) is 0 Å². The Morgan fingerprint density at radius 1 is 1.09 bits per heavy atom. The van der Waals surface area contributed by atoms with Crippen molar-refractivity contribution in [1.82, 2.24) is 9.88 Å². The Bertz CT molecular complexity index is 1140. The molecule has 0 saturated carbocycles. The molecule has 7 heteroatoms. The molecule has 0 fully saturated rings. The first kappa shape index (κ1) is 21.4. The maximum absolute atomic E-state index is 12.6. The fourth-order valence-corrected chi connectivity index (χ4v) is 3.61. The van der Waals surface area contributed by atoms with Crippen LogP contribution in [0.5, 0.6) is 11.5 Å². The minimum Gasteiger partial charge on any atom is -0.457 e. The van der Waals surface area contributed by atoms with Gasteiger partial charge in [0.25, 0.3) is 5.91 Å². The molecule has 0 atom stereocenters. The Hall–Kier alpha value is -3.87. The maximum Gasteiger partial charge on any atom is 0.254 e. The quantitative estimate of drug-likeness (QED) is 0.566. The average Bonchev–Trinajstić information content (AvgIpc) is 3.10. The van der Waals surface area contributed by atoms with Crippen molar-refractivity contribution in [2.45, 2.75) is 33.9 Å². The SMILES string of the molecule is CCN1Cc2c(cc(NC(C)=O)nc2NCc2ccc(Oc3ccc(C)cc3)cc2)C1=O. The summed E-state index contributed by atoms with van der Waals surface area (Å²) in [6.45, 7) is 7.04. The number of fused-ring (bicyclic) bond motifs is 1. The van der Waals surface area contributed by atoms with E-state index in [1.807, 2.05) is 62.4 Å². The summed E-state index contributed by atoms with van der Waals surface area (Å²) in [4.78, 5) is 30.4. The number of rotatable bonds is 7. The number of pyridine rings is 1. The van der Waals surface area contributed by atoms with Crippen molar-refractivity contribution in [3.63, 3.8) is 0 Å². The predicted octanol–water partition coefficient (Wildman–Crippen LogP) is 4.73. The van der Waals surface area contributed by atoms with Crippen molar-refractivity contribution in [3.8, 4) is 11.5 Å². The summed E-state index contributed by atoms with van der Waals surface area (Å²) in [6.07, 6.45) is 0. The second-order valence-electron chi connectivity index (χ2n) is 7.80. The summed E-state index contributed by atoms with van der Waals surface area (Å²) in [7, 11) is 0. The molecule has 1 aliphatic heterocycles. The van der Waals surface area contributed by atoms with Crippen LogP contribution in [0, 0.1) is 6.92 Å². The summed E-state index contributed by atoms with van der Waals surface area (Å²) in [5.74, 6) is 2.25. The number of nitrogens with one attached hydrogen (secondary N) is 2. The lowest BCUT2D eigenvalue weighted by Crippen LogP contribution is -2.23. The Morgan fingerprint density at radius 2 is 1.75 bits per heavy atom. The lowest BCUT2D eigenvalue weighted by atomic mass is 10.1. The van der Waals surface area contributed by atoms with Crippen molar-refractivity contribution in [3.05, 3.63) is 76.9 Å². The van der Waals surface area contributed by atoms with Crippen LogP contribution < -0.4 is 15.4 Å². The van der Waals surface area contributed by atoms with E-state index in [0.717, 1.165) is 22.6 Å². The highest BCUT2D eigenvalue weighted by atomic mass is 16.5. The predicted molar refractivity (Wildman–Crippen MR) is 124 cm³/mol.